The predicted molar refractivity (Wildman–Crippen MR) is 52.3 cm³/mol. The number of aliphatic hydroxyl groups excluding tert-OH is 1. The minimum Gasteiger partial charge on any atom is -0.396 e. The van der Waals surface area contributed by atoms with E-state index in [1.54, 1.807) is 0 Å². The summed E-state index contributed by atoms with van der Waals surface area (Å²) in [5, 5.41) is 9.18. The van der Waals surface area contributed by atoms with Crippen LogP contribution >= 0.6 is 0 Å². The fourth-order valence-electron chi connectivity index (χ4n) is 2.39. The average molecular weight is 184 g/mol. The number of Topliss-reactive ketones (excluding diaryl/α,β-unsaturated/α-hetero) is 1. The highest BCUT2D eigenvalue weighted by molar-refractivity contribution is 5.84. The number of aliphatic hydroxyl groups is 1. The second-order valence-electron chi connectivity index (χ2n) is 4.58. The van der Waals surface area contributed by atoms with Gasteiger partial charge in [0.15, 0.2) is 0 Å². The molecule has 0 bridgehead atoms. The second kappa shape index (κ2) is 4.23. The number of hydrogen-bond donors (Lipinski definition) is 1. The van der Waals surface area contributed by atoms with E-state index in [9.17, 15) is 9.90 Å². The van der Waals surface area contributed by atoms with Crippen molar-refractivity contribution in [1.29, 1.82) is 0 Å². The van der Waals surface area contributed by atoms with Gasteiger partial charge in [-0.3, -0.25) is 4.79 Å². The normalized spacial score (nSPS) is 35.5. The van der Waals surface area contributed by atoms with E-state index in [0.717, 1.165) is 12.8 Å². The van der Waals surface area contributed by atoms with Crippen LogP contribution in [-0.4, -0.2) is 17.5 Å². The van der Waals surface area contributed by atoms with Crippen molar-refractivity contribution in [3.63, 3.8) is 0 Å². The van der Waals surface area contributed by atoms with Crippen LogP contribution in [0.15, 0.2) is 0 Å². The van der Waals surface area contributed by atoms with Crippen molar-refractivity contribution in [2.45, 2.75) is 33.6 Å². The molecule has 0 aromatic carbocycles. The largest absolute Gasteiger partial charge is 0.396 e. The standard InChI is InChI=1S/C11H20O2/c1-7(2)9-5-4-8(3)11(13)10(9)6-12/h7-10,12H,4-6H2,1-3H3. The van der Waals surface area contributed by atoms with E-state index in [0.29, 0.717) is 11.8 Å². The molecule has 0 spiro atoms. The van der Waals surface area contributed by atoms with Crippen LogP contribution in [-0.2, 0) is 4.79 Å². The maximum Gasteiger partial charge on any atom is 0.141 e. The summed E-state index contributed by atoms with van der Waals surface area (Å²) in [6, 6.07) is 0. The first kappa shape index (κ1) is 10.7. The Morgan fingerprint density at radius 3 is 2.54 bits per heavy atom. The Morgan fingerprint density at radius 2 is 2.08 bits per heavy atom. The highest BCUT2D eigenvalue weighted by Crippen LogP contribution is 2.35. The van der Waals surface area contributed by atoms with Crippen molar-refractivity contribution in [3.05, 3.63) is 0 Å². The molecule has 1 fully saturated rings. The van der Waals surface area contributed by atoms with E-state index < -0.39 is 0 Å². The summed E-state index contributed by atoms with van der Waals surface area (Å²) in [5.74, 6) is 1.24. The molecule has 13 heavy (non-hydrogen) atoms. The first-order chi connectivity index (χ1) is 6.07. The van der Waals surface area contributed by atoms with Gasteiger partial charge in [-0.25, -0.2) is 0 Å². The third kappa shape index (κ3) is 2.11. The van der Waals surface area contributed by atoms with Crippen LogP contribution < -0.4 is 0 Å². The number of rotatable bonds is 2. The Morgan fingerprint density at radius 1 is 1.46 bits per heavy atom. The average Bonchev–Trinajstić information content (AvgIpc) is 2.09. The van der Waals surface area contributed by atoms with Gasteiger partial charge in [0.05, 0.1) is 6.61 Å². The second-order valence-corrected chi connectivity index (χ2v) is 4.58. The van der Waals surface area contributed by atoms with E-state index in [1.165, 1.54) is 0 Å². The smallest absolute Gasteiger partial charge is 0.141 e. The lowest BCUT2D eigenvalue weighted by atomic mass is 9.69. The Bertz CT molecular complexity index is 187. The number of ketones is 1. The molecule has 1 aliphatic rings. The molecule has 3 atom stereocenters. The summed E-state index contributed by atoms with van der Waals surface area (Å²) >= 11 is 0. The third-order valence-corrected chi connectivity index (χ3v) is 3.35. The van der Waals surface area contributed by atoms with Gasteiger partial charge in [0.25, 0.3) is 0 Å². The molecule has 76 valence electrons. The highest BCUT2D eigenvalue weighted by atomic mass is 16.3. The van der Waals surface area contributed by atoms with Crippen molar-refractivity contribution >= 4 is 5.78 Å². The number of hydrogen-bond acceptors (Lipinski definition) is 2. The maximum atomic E-state index is 11.7. The van der Waals surface area contributed by atoms with Crippen LogP contribution in [0.25, 0.3) is 0 Å². The van der Waals surface area contributed by atoms with E-state index in [2.05, 4.69) is 13.8 Å². The lowest BCUT2D eigenvalue weighted by Crippen LogP contribution is -2.38. The molecule has 0 saturated heterocycles. The highest BCUT2D eigenvalue weighted by Gasteiger charge is 2.36. The molecule has 0 radical (unpaired) electrons. The Hall–Kier alpha value is -0.370. The zero-order valence-corrected chi connectivity index (χ0v) is 8.79. The van der Waals surface area contributed by atoms with Crippen molar-refractivity contribution in [3.8, 4) is 0 Å². The maximum absolute atomic E-state index is 11.7. The molecule has 3 unspecified atom stereocenters. The first-order valence-corrected chi connectivity index (χ1v) is 5.22. The van der Waals surface area contributed by atoms with Crippen molar-refractivity contribution in [2.24, 2.45) is 23.7 Å². The first-order valence-electron chi connectivity index (χ1n) is 5.22. The molecule has 0 aliphatic heterocycles. The van der Waals surface area contributed by atoms with Gasteiger partial charge in [-0.15, -0.1) is 0 Å². The lowest BCUT2D eigenvalue weighted by molar-refractivity contribution is -0.133. The molecule has 1 N–H and O–H groups in total. The van der Waals surface area contributed by atoms with Gasteiger partial charge < -0.3 is 5.11 Å². The molecule has 1 saturated carbocycles. The van der Waals surface area contributed by atoms with Gasteiger partial charge in [-0.1, -0.05) is 20.8 Å². The molecular weight excluding hydrogens is 164 g/mol. The Balaban J connectivity index is 2.72. The zero-order chi connectivity index (χ0) is 10.0. The van der Waals surface area contributed by atoms with Crippen molar-refractivity contribution < 1.29 is 9.90 Å². The molecule has 2 heteroatoms. The van der Waals surface area contributed by atoms with Gasteiger partial charge in [-0.05, 0) is 24.7 Å². The molecule has 2 nitrogen and oxygen atoms in total. The van der Waals surface area contributed by atoms with Crippen molar-refractivity contribution in [2.75, 3.05) is 6.61 Å². The minimum absolute atomic E-state index is 0.0337. The van der Waals surface area contributed by atoms with Gasteiger partial charge in [0, 0.05) is 11.8 Å². The fourth-order valence-corrected chi connectivity index (χ4v) is 2.39. The topological polar surface area (TPSA) is 37.3 Å². The molecule has 0 aromatic heterocycles. The molecule has 0 aromatic rings. The molecule has 1 aliphatic carbocycles. The monoisotopic (exact) mass is 184 g/mol. The summed E-state index contributed by atoms with van der Waals surface area (Å²) < 4.78 is 0. The zero-order valence-electron chi connectivity index (χ0n) is 8.79. The SMILES string of the molecule is CC1CCC(C(C)C)C(CO)C1=O. The molecule has 0 amide bonds. The van der Waals surface area contributed by atoms with E-state index in [-0.39, 0.29) is 24.2 Å². The van der Waals surface area contributed by atoms with Crippen LogP contribution in [0.4, 0.5) is 0 Å². The van der Waals surface area contributed by atoms with Crippen LogP contribution in [0.1, 0.15) is 33.6 Å². The van der Waals surface area contributed by atoms with Gasteiger partial charge in [0.1, 0.15) is 5.78 Å². The predicted octanol–water partition coefficient (Wildman–Crippen LogP) is 1.87. The minimum atomic E-state index is -0.0938. The summed E-state index contributed by atoms with van der Waals surface area (Å²) in [6.07, 6.45) is 2.09. The summed E-state index contributed by atoms with van der Waals surface area (Å²) in [7, 11) is 0. The summed E-state index contributed by atoms with van der Waals surface area (Å²) in [5.41, 5.74) is 0. The Labute approximate surface area is 80.3 Å². The van der Waals surface area contributed by atoms with Crippen LogP contribution in [0, 0.1) is 23.7 Å². The van der Waals surface area contributed by atoms with Gasteiger partial charge in [-0.2, -0.15) is 0 Å². The van der Waals surface area contributed by atoms with Crippen molar-refractivity contribution in [1.82, 2.24) is 0 Å². The van der Waals surface area contributed by atoms with Crippen LogP contribution in [0.3, 0.4) is 0 Å². The summed E-state index contributed by atoms with van der Waals surface area (Å²) in [4.78, 5) is 11.7. The quantitative estimate of drug-likeness (QED) is 0.711. The Kier molecular flexibility index (Phi) is 3.48. The molecular formula is C11H20O2. The molecule has 0 heterocycles. The lowest BCUT2D eigenvalue weighted by Gasteiger charge is -2.34. The van der Waals surface area contributed by atoms with E-state index >= 15 is 0 Å². The van der Waals surface area contributed by atoms with Gasteiger partial charge >= 0.3 is 0 Å². The molecule has 1 rings (SSSR count). The van der Waals surface area contributed by atoms with E-state index in [4.69, 9.17) is 0 Å². The van der Waals surface area contributed by atoms with Crippen LogP contribution in [0.2, 0.25) is 0 Å². The number of carbonyl (C=O) groups excluding carboxylic acids is 1. The van der Waals surface area contributed by atoms with E-state index in [1.807, 2.05) is 6.92 Å². The fraction of sp³-hybridized carbons (Fsp3) is 0.909. The summed E-state index contributed by atoms with van der Waals surface area (Å²) in [6.45, 7) is 6.28. The third-order valence-electron chi connectivity index (χ3n) is 3.35. The number of carbonyl (C=O) groups is 1. The van der Waals surface area contributed by atoms with Gasteiger partial charge in [0.2, 0.25) is 0 Å². The van der Waals surface area contributed by atoms with Crippen LogP contribution in [0.5, 0.6) is 0 Å².